The third kappa shape index (κ3) is 4.78. The van der Waals surface area contributed by atoms with Gasteiger partial charge in [-0.2, -0.15) is 5.26 Å². The summed E-state index contributed by atoms with van der Waals surface area (Å²) in [7, 11) is 0. The van der Waals surface area contributed by atoms with Gasteiger partial charge >= 0.3 is 6.09 Å². The summed E-state index contributed by atoms with van der Waals surface area (Å²) >= 11 is 0. The van der Waals surface area contributed by atoms with Crippen molar-refractivity contribution in [2.45, 2.75) is 6.92 Å². The summed E-state index contributed by atoms with van der Waals surface area (Å²) in [5.41, 5.74) is 0.172. The van der Waals surface area contributed by atoms with Gasteiger partial charge < -0.3 is 10.1 Å². The fraction of sp³-hybridized carbons (Fsp3) is 0.154. The van der Waals surface area contributed by atoms with Crippen molar-refractivity contribution in [2.24, 2.45) is 0 Å². The van der Waals surface area contributed by atoms with Gasteiger partial charge in [-0.05, 0) is 31.2 Å². The number of halogens is 1. The second kappa shape index (κ2) is 7.53. The lowest BCUT2D eigenvalue weighted by atomic mass is 10.3. The van der Waals surface area contributed by atoms with Crippen LogP contribution in [-0.2, 0) is 9.53 Å². The maximum Gasteiger partial charge on any atom is 0.414 e. The zero-order valence-corrected chi connectivity index (χ0v) is 10.6. The zero-order chi connectivity index (χ0) is 15.0. The molecule has 1 rings (SSSR count). The highest BCUT2D eigenvalue weighted by atomic mass is 19.1. The molecule has 0 aliphatic carbocycles. The van der Waals surface area contributed by atoms with E-state index in [1.165, 1.54) is 24.3 Å². The third-order valence-corrected chi connectivity index (χ3v) is 2.08. The first-order valence-electron chi connectivity index (χ1n) is 5.67. The lowest BCUT2D eigenvalue weighted by Crippen LogP contribution is -2.32. The molecule has 0 atom stereocenters. The quantitative estimate of drug-likeness (QED) is 0.648. The number of anilines is 1. The summed E-state index contributed by atoms with van der Waals surface area (Å²) in [4.78, 5) is 22.6. The first kappa shape index (κ1) is 15.2. The average molecular weight is 277 g/mol. The molecule has 0 unspecified atom stereocenters. The van der Waals surface area contributed by atoms with E-state index >= 15 is 0 Å². The molecule has 0 aliphatic rings. The molecule has 0 spiro atoms. The molecule has 2 amide bonds. The minimum absolute atomic E-state index is 0.110. The number of amides is 2. The molecule has 0 heterocycles. The van der Waals surface area contributed by atoms with E-state index in [9.17, 15) is 14.0 Å². The van der Waals surface area contributed by atoms with Crippen molar-refractivity contribution in [3.05, 3.63) is 41.9 Å². The predicted molar refractivity (Wildman–Crippen MR) is 68.9 cm³/mol. The van der Waals surface area contributed by atoms with Crippen LogP contribution in [0.3, 0.4) is 0 Å². The lowest BCUT2D eigenvalue weighted by molar-refractivity contribution is -0.116. The number of nitriles is 1. The summed E-state index contributed by atoms with van der Waals surface area (Å²) in [6, 6.07) is 6.95. The van der Waals surface area contributed by atoms with E-state index in [-0.39, 0.29) is 12.2 Å². The van der Waals surface area contributed by atoms with Gasteiger partial charge in [0.1, 0.15) is 17.5 Å². The van der Waals surface area contributed by atoms with Gasteiger partial charge in [-0.25, -0.2) is 9.18 Å². The van der Waals surface area contributed by atoms with E-state index in [0.717, 1.165) is 6.20 Å². The number of hydrogen-bond donors (Lipinski definition) is 2. The number of nitrogens with one attached hydrogen (secondary N) is 2. The molecule has 1 aromatic carbocycles. The number of hydrogen-bond acceptors (Lipinski definition) is 5. The molecule has 20 heavy (non-hydrogen) atoms. The summed E-state index contributed by atoms with van der Waals surface area (Å²) in [6.45, 7) is 1.69. The van der Waals surface area contributed by atoms with Crippen LogP contribution in [0, 0.1) is 17.1 Å². The smallest absolute Gasteiger partial charge is 0.414 e. The van der Waals surface area contributed by atoms with Gasteiger partial charge in [-0.1, -0.05) is 0 Å². The Labute approximate surface area is 114 Å². The van der Waals surface area contributed by atoms with Gasteiger partial charge in [0.05, 0.1) is 6.61 Å². The number of carbonyl (C=O) groups is 2. The molecular weight excluding hydrogens is 265 g/mol. The number of ether oxygens (including phenoxy) is 1. The highest BCUT2D eigenvalue weighted by Crippen LogP contribution is 2.08. The fourth-order valence-electron chi connectivity index (χ4n) is 1.18. The second-order valence-electron chi connectivity index (χ2n) is 3.50. The topological polar surface area (TPSA) is 91.2 Å². The Morgan fingerprint density at radius 2 is 2.05 bits per heavy atom. The van der Waals surface area contributed by atoms with Crippen LogP contribution < -0.4 is 10.6 Å². The predicted octanol–water partition coefficient (Wildman–Crippen LogP) is 1.92. The molecule has 2 N–H and O–H groups in total. The Hall–Kier alpha value is -2.88. The molecule has 7 heteroatoms. The molecule has 6 nitrogen and oxygen atoms in total. The Morgan fingerprint density at radius 3 is 2.60 bits per heavy atom. The van der Waals surface area contributed by atoms with Gasteiger partial charge in [-0.3, -0.25) is 10.1 Å². The Balaban J connectivity index is 2.68. The van der Waals surface area contributed by atoms with E-state index < -0.39 is 17.8 Å². The highest BCUT2D eigenvalue weighted by molar-refractivity contribution is 6.05. The number of imide groups is 1. The Bertz CT molecular complexity index is 561. The third-order valence-electron chi connectivity index (χ3n) is 2.08. The Morgan fingerprint density at radius 1 is 1.40 bits per heavy atom. The molecule has 0 aliphatic heterocycles. The van der Waals surface area contributed by atoms with Crippen molar-refractivity contribution in [2.75, 3.05) is 11.9 Å². The lowest BCUT2D eigenvalue weighted by Gasteiger charge is -2.04. The van der Waals surface area contributed by atoms with Crippen LogP contribution in [0.2, 0.25) is 0 Å². The van der Waals surface area contributed by atoms with Crippen molar-refractivity contribution in [3.63, 3.8) is 0 Å². The van der Waals surface area contributed by atoms with Crippen LogP contribution in [0.25, 0.3) is 0 Å². The number of benzene rings is 1. The maximum absolute atomic E-state index is 12.7. The zero-order valence-electron chi connectivity index (χ0n) is 10.6. The largest absolute Gasteiger partial charge is 0.450 e. The van der Waals surface area contributed by atoms with E-state index in [2.05, 4.69) is 10.1 Å². The normalized spacial score (nSPS) is 10.3. The average Bonchev–Trinajstić information content (AvgIpc) is 2.41. The van der Waals surface area contributed by atoms with Gasteiger partial charge in [0.25, 0.3) is 5.91 Å². The molecular formula is C13H12FN3O3. The minimum atomic E-state index is -0.930. The number of nitrogens with zero attached hydrogens (tertiary/aromatic N) is 1. The fourth-order valence-corrected chi connectivity index (χ4v) is 1.18. The van der Waals surface area contributed by atoms with Crippen molar-refractivity contribution in [1.82, 2.24) is 5.32 Å². The molecule has 0 aromatic heterocycles. The van der Waals surface area contributed by atoms with E-state index in [4.69, 9.17) is 5.26 Å². The summed E-state index contributed by atoms with van der Waals surface area (Å²) in [6.07, 6.45) is 0.183. The number of alkyl carbamates (subject to hydrolysis) is 1. The maximum atomic E-state index is 12.7. The van der Waals surface area contributed by atoms with Crippen molar-refractivity contribution >= 4 is 17.7 Å². The molecule has 0 bridgehead atoms. The minimum Gasteiger partial charge on any atom is -0.450 e. The van der Waals surface area contributed by atoms with Crippen molar-refractivity contribution in [3.8, 4) is 6.07 Å². The SMILES string of the molecule is CCOC(=O)NC(=O)/C(C#N)=C/Nc1ccc(F)cc1. The standard InChI is InChI=1S/C13H12FN3O3/c1-2-20-13(19)17-12(18)9(7-15)8-16-11-5-3-10(14)4-6-11/h3-6,8,16H,2H2,1H3,(H,17,18,19)/b9-8+. The summed E-state index contributed by atoms with van der Waals surface area (Å²) in [5, 5.41) is 13.4. The highest BCUT2D eigenvalue weighted by Gasteiger charge is 2.13. The van der Waals surface area contributed by atoms with Crippen LogP contribution >= 0.6 is 0 Å². The van der Waals surface area contributed by atoms with E-state index in [0.29, 0.717) is 5.69 Å². The van der Waals surface area contributed by atoms with E-state index in [1.807, 2.05) is 5.32 Å². The second-order valence-corrected chi connectivity index (χ2v) is 3.50. The van der Waals surface area contributed by atoms with Gasteiger partial charge in [0, 0.05) is 11.9 Å². The number of rotatable bonds is 4. The van der Waals surface area contributed by atoms with Crippen molar-refractivity contribution < 1.29 is 18.7 Å². The molecule has 0 saturated carbocycles. The first-order chi connectivity index (χ1) is 9.56. The summed E-state index contributed by atoms with van der Waals surface area (Å²) in [5.74, 6) is -1.29. The molecule has 0 saturated heterocycles. The van der Waals surface area contributed by atoms with Crippen LogP contribution in [0.15, 0.2) is 36.0 Å². The molecule has 1 aromatic rings. The van der Waals surface area contributed by atoms with Crippen molar-refractivity contribution in [1.29, 1.82) is 5.26 Å². The van der Waals surface area contributed by atoms with Gasteiger partial charge in [0.2, 0.25) is 0 Å². The molecule has 104 valence electrons. The van der Waals surface area contributed by atoms with Crippen LogP contribution in [-0.4, -0.2) is 18.6 Å². The van der Waals surface area contributed by atoms with Crippen LogP contribution in [0.1, 0.15) is 6.92 Å². The van der Waals surface area contributed by atoms with Crippen LogP contribution in [0.5, 0.6) is 0 Å². The number of carbonyl (C=O) groups excluding carboxylic acids is 2. The first-order valence-corrected chi connectivity index (χ1v) is 5.67. The van der Waals surface area contributed by atoms with Crippen LogP contribution in [0.4, 0.5) is 14.9 Å². The summed E-state index contributed by atoms with van der Waals surface area (Å²) < 4.78 is 17.2. The van der Waals surface area contributed by atoms with Gasteiger partial charge in [0.15, 0.2) is 0 Å². The Kier molecular flexibility index (Phi) is 5.72. The van der Waals surface area contributed by atoms with E-state index in [1.54, 1.807) is 13.0 Å². The molecule has 0 fully saturated rings. The molecule has 0 radical (unpaired) electrons. The monoisotopic (exact) mass is 277 g/mol. The van der Waals surface area contributed by atoms with Gasteiger partial charge in [-0.15, -0.1) is 0 Å².